The average molecular weight is 347 g/mol. The average Bonchev–Trinajstić information content (AvgIpc) is 2.46. The van der Waals surface area contributed by atoms with Gasteiger partial charge in [-0.15, -0.1) is 0 Å². The van der Waals surface area contributed by atoms with Crippen LogP contribution in [0.4, 0.5) is 5.69 Å². The quantitative estimate of drug-likeness (QED) is 0.892. The van der Waals surface area contributed by atoms with E-state index in [4.69, 9.17) is 4.74 Å². The van der Waals surface area contributed by atoms with Crippen molar-refractivity contribution in [2.75, 3.05) is 5.32 Å². The van der Waals surface area contributed by atoms with Crippen molar-refractivity contribution in [1.82, 2.24) is 4.98 Å². The number of nitrogens with zero attached hydrogens (tertiary/aromatic N) is 1. The van der Waals surface area contributed by atoms with E-state index in [-0.39, 0.29) is 5.91 Å². The predicted molar refractivity (Wildman–Crippen MR) is 84.5 cm³/mol. The zero-order valence-corrected chi connectivity index (χ0v) is 13.3. The molecular weight excluding hydrogens is 332 g/mol. The molecule has 5 heteroatoms. The highest BCUT2D eigenvalue weighted by molar-refractivity contribution is 9.10. The van der Waals surface area contributed by atoms with Crippen molar-refractivity contribution in [3.63, 3.8) is 0 Å². The summed E-state index contributed by atoms with van der Waals surface area (Å²) in [5, 5.41) is 2.83. The number of halogens is 1. The van der Waals surface area contributed by atoms with E-state index < -0.39 is 6.10 Å². The second-order valence-electron chi connectivity index (χ2n) is 5.31. The van der Waals surface area contributed by atoms with E-state index in [9.17, 15) is 4.79 Å². The van der Waals surface area contributed by atoms with Crippen LogP contribution in [0.5, 0.6) is 5.88 Å². The molecule has 2 heterocycles. The third-order valence-corrected chi connectivity index (χ3v) is 3.88. The number of pyridine rings is 1. The number of hydrogen-bond acceptors (Lipinski definition) is 3. The summed E-state index contributed by atoms with van der Waals surface area (Å²) in [7, 11) is 0. The Hall–Kier alpha value is -1.88. The number of aromatic nitrogens is 1. The highest BCUT2D eigenvalue weighted by Gasteiger charge is 2.30. The number of rotatable bonds is 2. The molecule has 1 atom stereocenters. The van der Waals surface area contributed by atoms with E-state index in [0.717, 1.165) is 10.0 Å². The van der Waals surface area contributed by atoms with Gasteiger partial charge < -0.3 is 10.1 Å². The van der Waals surface area contributed by atoms with Crippen molar-refractivity contribution < 1.29 is 9.53 Å². The van der Waals surface area contributed by atoms with Crippen molar-refractivity contribution in [3.8, 4) is 5.88 Å². The number of carbonyl (C=O) groups excluding carboxylic acids is 1. The van der Waals surface area contributed by atoms with Gasteiger partial charge in [0.05, 0.1) is 0 Å². The fourth-order valence-electron chi connectivity index (χ4n) is 2.25. The third kappa shape index (κ3) is 2.78. The molecule has 1 aliphatic rings. The van der Waals surface area contributed by atoms with Gasteiger partial charge in [0.25, 0.3) is 5.91 Å². The molecule has 0 radical (unpaired) electrons. The molecule has 1 N–H and O–H groups in total. The molecule has 4 nitrogen and oxygen atoms in total. The molecule has 1 aromatic heterocycles. The molecule has 0 fully saturated rings. The summed E-state index contributed by atoms with van der Waals surface area (Å²) in [6, 6.07) is 9.70. The van der Waals surface area contributed by atoms with E-state index in [1.807, 2.05) is 24.3 Å². The minimum absolute atomic E-state index is 0.181. The molecule has 108 valence electrons. The van der Waals surface area contributed by atoms with Gasteiger partial charge in [-0.25, -0.2) is 4.98 Å². The Morgan fingerprint density at radius 1 is 1.29 bits per heavy atom. The Labute approximate surface area is 131 Å². The number of benzene rings is 1. The summed E-state index contributed by atoms with van der Waals surface area (Å²) in [4.78, 5) is 16.4. The van der Waals surface area contributed by atoms with Gasteiger partial charge in [0.1, 0.15) is 5.69 Å². The van der Waals surface area contributed by atoms with E-state index in [0.29, 0.717) is 17.5 Å². The summed E-state index contributed by atoms with van der Waals surface area (Å²) in [6.07, 6.45) is 0.988. The third-order valence-electron chi connectivity index (χ3n) is 3.45. The largest absolute Gasteiger partial charge is 0.458 e. The van der Waals surface area contributed by atoms with Crippen molar-refractivity contribution in [1.29, 1.82) is 0 Å². The number of fused-ring (bicyclic) bond motifs is 1. The van der Waals surface area contributed by atoms with Crippen molar-refractivity contribution in [3.05, 3.63) is 52.1 Å². The van der Waals surface area contributed by atoms with E-state index in [1.165, 1.54) is 5.56 Å². The first-order valence-corrected chi connectivity index (χ1v) is 7.57. The minimum atomic E-state index is -0.660. The zero-order chi connectivity index (χ0) is 15.0. The maximum atomic E-state index is 12.2. The molecule has 1 aromatic carbocycles. The van der Waals surface area contributed by atoms with Crippen LogP contribution in [0.2, 0.25) is 0 Å². The number of nitrogens with one attached hydrogen (secondary N) is 1. The van der Waals surface area contributed by atoms with Crippen molar-refractivity contribution in [2.45, 2.75) is 25.9 Å². The predicted octanol–water partition coefficient (Wildman–Crippen LogP) is 4.04. The summed E-state index contributed by atoms with van der Waals surface area (Å²) in [5.41, 5.74) is 2.65. The smallest absolute Gasteiger partial charge is 0.270 e. The zero-order valence-electron chi connectivity index (χ0n) is 11.8. The summed E-state index contributed by atoms with van der Waals surface area (Å²) >= 11 is 3.32. The van der Waals surface area contributed by atoms with Gasteiger partial charge in [0.2, 0.25) is 12.0 Å². The Morgan fingerprint density at radius 2 is 2.00 bits per heavy atom. The lowest BCUT2D eigenvalue weighted by Crippen LogP contribution is -2.30. The maximum absolute atomic E-state index is 12.2. The number of hydrogen-bond donors (Lipinski definition) is 1. The Kier molecular flexibility index (Phi) is 3.68. The van der Waals surface area contributed by atoms with Gasteiger partial charge in [0.15, 0.2) is 0 Å². The highest BCUT2D eigenvalue weighted by Crippen LogP contribution is 2.34. The van der Waals surface area contributed by atoms with E-state index >= 15 is 0 Å². The molecule has 3 rings (SSSR count). The van der Waals surface area contributed by atoms with Gasteiger partial charge in [-0.05, 0) is 33.5 Å². The SMILES string of the molecule is CC(C)c1ccc(C2Oc3ncc(Br)cc3NC2=O)cc1. The summed E-state index contributed by atoms with van der Waals surface area (Å²) < 4.78 is 6.54. The Balaban J connectivity index is 1.89. The van der Waals surface area contributed by atoms with Crippen LogP contribution in [-0.2, 0) is 4.79 Å². The first kappa shape index (κ1) is 14.1. The Morgan fingerprint density at radius 3 is 2.67 bits per heavy atom. The van der Waals surface area contributed by atoms with Crippen LogP contribution in [0.3, 0.4) is 0 Å². The van der Waals surface area contributed by atoms with Crippen LogP contribution < -0.4 is 10.1 Å². The number of ether oxygens (including phenoxy) is 1. The molecule has 21 heavy (non-hydrogen) atoms. The lowest BCUT2D eigenvalue weighted by Gasteiger charge is -2.25. The number of amides is 1. The molecule has 0 saturated heterocycles. The van der Waals surface area contributed by atoms with Crippen LogP contribution in [-0.4, -0.2) is 10.9 Å². The maximum Gasteiger partial charge on any atom is 0.270 e. The lowest BCUT2D eigenvalue weighted by atomic mass is 9.99. The van der Waals surface area contributed by atoms with Crippen molar-refractivity contribution in [2.24, 2.45) is 0 Å². The first-order chi connectivity index (χ1) is 10.0. The van der Waals surface area contributed by atoms with Gasteiger partial charge in [-0.1, -0.05) is 38.1 Å². The lowest BCUT2D eigenvalue weighted by molar-refractivity contribution is -0.123. The van der Waals surface area contributed by atoms with E-state index in [1.54, 1.807) is 12.3 Å². The first-order valence-electron chi connectivity index (χ1n) is 6.77. The van der Waals surface area contributed by atoms with Gasteiger partial charge in [0, 0.05) is 16.2 Å². The van der Waals surface area contributed by atoms with Gasteiger partial charge in [-0.3, -0.25) is 4.79 Å². The standard InChI is InChI=1S/C16H15BrN2O2/c1-9(2)10-3-5-11(6-4-10)14-15(20)19-13-7-12(17)8-18-16(13)21-14/h3-9,14H,1-2H3,(H,19,20). The fraction of sp³-hybridized carbons (Fsp3) is 0.250. The minimum Gasteiger partial charge on any atom is -0.458 e. The van der Waals surface area contributed by atoms with Crippen LogP contribution in [0, 0.1) is 0 Å². The van der Waals surface area contributed by atoms with Crippen LogP contribution in [0.1, 0.15) is 37.0 Å². The molecule has 0 spiro atoms. The molecule has 2 aromatic rings. The normalized spacial score (nSPS) is 17.1. The fourth-order valence-corrected chi connectivity index (χ4v) is 2.58. The molecular formula is C16H15BrN2O2. The summed E-state index contributed by atoms with van der Waals surface area (Å²) in [5.74, 6) is 0.718. The van der Waals surface area contributed by atoms with Gasteiger partial charge >= 0.3 is 0 Å². The highest BCUT2D eigenvalue weighted by atomic mass is 79.9. The second kappa shape index (κ2) is 5.48. The van der Waals surface area contributed by atoms with Crippen LogP contribution in [0.15, 0.2) is 41.0 Å². The Bertz CT molecular complexity index is 683. The number of carbonyl (C=O) groups is 1. The van der Waals surface area contributed by atoms with Crippen molar-refractivity contribution >= 4 is 27.5 Å². The number of anilines is 1. The van der Waals surface area contributed by atoms with E-state index in [2.05, 4.69) is 40.1 Å². The molecule has 0 bridgehead atoms. The second-order valence-corrected chi connectivity index (χ2v) is 6.23. The van der Waals surface area contributed by atoms with Crippen LogP contribution in [0.25, 0.3) is 0 Å². The molecule has 1 unspecified atom stereocenters. The van der Waals surface area contributed by atoms with Crippen LogP contribution >= 0.6 is 15.9 Å². The summed E-state index contributed by atoms with van der Waals surface area (Å²) in [6.45, 7) is 4.27. The molecule has 1 amide bonds. The monoisotopic (exact) mass is 346 g/mol. The molecule has 0 saturated carbocycles. The topological polar surface area (TPSA) is 51.2 Å². The molecule has 0 aliphatic carbocycles. The molecule has 1 aliphatic heterocycles. The van der Waals surface area contributed by atoms with Gasteiger partial charge in [-0.2, -0.15) is 0 Å².